The highest BCUT2D eigenvalue weighted by Gasteiger charge is 2.22. The van der Waals surface area contributed by atoms with Gasteiger partial charge in [0.15, 0.2) is 0 Å². The van der Waals surface area contributed by atoms with E-state index in [4.69, 9.17) is 17.3 Å². The molecule has 1 aromatic heterocycles. The standard InChI is InChI=1S/C18H27ClN2O/c19-12-8-10-15-13-14-9-6-4-2-1-3-5-7-11-16(18(20)22)17(14)21-15/h8,10,13,16,21H,1-7,9,11-12H2,(H2,20,22)/b10-8-. The average molecular weight is 323 g/mol. The summed E-state index contributed by atoms with van der Waals surface area (Å²) in [4.78, 5) is 15.3. The van der Waals surface area contributed by atoms with E-state index in [9.17, 15) is 4.79 Å². The van der Waals surface area contributed by atoms with Crippen LogP contribution in [0.15, 0.2) is 12.1 Å². The minimum absolute atomic E-state index is 0.187. The van der Waals surface area contributed by atoms with E-state index in [1.807, 2.05) is 12.2 Å². The highest BCUT2D eigenvalue weighted by Crippen LogP contribution is 2.28. The van der Waals surface area contributed by atoms with Crippen LogP contribution in [0.5, 0.6) is 0 Å². The molecule has 1 aliphatic rings. The molecular formula is C18H27ClN2O. The van der Waals surface area contributed by atoms with Crippen molar-refractivity contribution in [3.8, 4) is 0 Å². The van der Waals surface area contributed by atoms with Crippen molar-refractivity contribution in [2.75, 3.05) is 5.88 Å². The smallest absolute Gasteiger partial charge is 0.226 e. The van der Waals surface area contributed by atoms with E-state index in [1.165, 1.54) is 44.1 Å². The lowest BCUT2D eigenvalue weighted by Crippen LogP contribution is -2.22. The topological polar surface area (TPSA) is 58.9 Å². The zero-order chi connectivity index (χ0) is 15.8. The second kappa shape index (κ2) is 9.04. The number of nitrogens with two attached hydrogens (primary N) is 1. The lowest BCUT2D eigenvalue weighted by molar-refractivity contribution is -0.119. The van der Waals surface area contributed by atoms with Crippen LogP contribution in [-0.4, -0.2) is 16.8 Å². The minimum Gasteiger partial charge on any atom is -0.369 e. The summed E-state index contributed by atoms with van der Waals surface area (Å²) in [5.74, 6) is 0.0868. The first kappa shape index (κ1) is 17.1. The third-order valence-electron chi connectivity index (χ3n) is 4.47. The first-order valence-corrected chi connectivity index (χ1v) is 8.99. The Balaban J connectivity index is 2.26. The molecule has 4 heteroatoms. The van der Waals surface area contributed by atoms with Gasteiger partial charge in [0.05, 0.1) is 5.92 Å². The molecule has 0 spiro atoms. The van der Waals surface area contributed by atoms with Crippen LogP contribution in [0.25, 0.3) is 6.08 Å². The molecule has 1 heterocycles. The molecule has 0 saturated carbocycles. The van der Waals surface area contributed by atoms with Crippen molar-refractivity contribution >= 4 is 23.6 Å². The fourth-order valence-corrected chi connectivity index (χ4v) is 3.38. The number of aromatic nitrogens is 1. The fourth-order valence-electron chi connectivity index (χ4n) is 3.29. The normalized spacial score (nSPS) is 21.0. The number of rotatable bonds is 3. The number of alkyl halides is 1. The Morgan fingerprint density at radius 1 is 1.23 bits per heavy atom. The predicted octanol–water partition coefficient (Wildman–Crippen LogP) is 4.51. The van der Waals surface area contributed by atoms with Gasteiger partial charge in [-0.05, 0) is 37.0 Å². The highest BCUT2D eigenvalue weighted by atomic mass is 35.5. The number of fused-ring (bicyclic) bond motifs is 1. The number of carbonyl (C=O) groups is 1. The number of H-pyrrole nitrogens is 1. The number of primary amides is 1. The summed E-state index contributed by atoms with van der Waals surface area (Å²) in [7, 11) is 0. The molecule has 2 rings (SSSR count). The van der Waals surface area contributed by atoms with E-state index in [0.29, 0.717) is 5.88 Å². The van der Waals surface area contributed by atoms with Crippen LogP contribution in [0.3, 0.4) is 0 Å². The van der Waals surface area contributed by atoms with Crippen LogP contribution in [0.1, 0.15) is 74.2 Å². The molecule has 0 bridgehead atoms. The van der Waals surface area contributed by atoms with Gasteiger partial charge in [-0.3, -0.25) is 4.79 Å². The quantitative estimate of drug-likeness (QED) is 0.790. The van der Waals surface area contributed by atoms with Crippen LogP contribution in [-0.2, 0) is 11.2 Å². The van der Waals surface area contributed by atoms with Crippen molar-refractivity contribution in [1.29, 1.82) is 0 Å². The van der Waals surface area contributed by atoms with Gasteiger partial charge in [-0.15, -0.1) is 11.6 Å². The number of carbonyl (C=O) groups excluding carboxylic acids is 1. The summed E-state index contributed by atoms with van der Waals surface area (Å²) in [6.45, 7) is 0. The van der Waals surface area contributed by atoms with Crippen molar-refractivity contribution < 1.29 is 4.79 Å². The molecule has 0 aliphatic heterocycles. The second-order valence-electron chi connectivity index (χ2n) is 6.19. The third kappa shape index (κ3) is 4.91. The predicted molar refractivity (Wildman–Crippen MR) is 93.1 cm³/mol. The largest absolute Gasteiger partial charge is 0.369 e. The Hall–Kier alpha value is -1.22. The molecule has 3 nitrogen and oxygen atoms in total. The Bertz CT molecular complexity index is 507. The monoisotopic (exact) mass is 322 g/mol. The molecule has 0 saturated heterocycles. The highest BCUT2D eigenvalue weighted by molar-refractivity contribution is 6.19. The second-order valence-corrected chi connectivity index (χ2v) is 6.50. The Kier molecular flexibility index (Phi) is 7.04. The first-order valence-electron chi connectivity index (χ1n) is 8.46. The average Bonchev–Trinajstić information content (AvgIpc) is 2.87. The summed E-state index contributed by atoms with van der Waals surface area (Å²) in [6, 6.07) is 2.15. The van der Waals surface area contributed by atoms with Gasteiger partial charge in [0.2, 0.25) is 5.91 Å². The van der Waals surface area contributed by atoms with E-state index in [-0.39, 0.29) is 11.8 Å². The maximum atomic E-state index is 11.9. The van der Waals surface area contributed by atoms with E-state index in [0.717, 1.165) is 30.7 Å². The lowest BCUT2D eigenvalue weighted by Gasteiger charge is -2.15. The van der Waals surface area contributed by atoms with Crippen LogP contribution in [0.2, 0.25) is 0 Å². The molecule has 0 radical (unpaired) electrons. The van der Waals surface area contributed by atoms with Crippen LogP contribution in [0, 0.1) is 0 Å². The SMILES string of the molecule is NC(=O)C1CCCCCCCCCc2cc(/C=C\CCl)[nH]c21. The Morgan fingerprint density at radius 2 is 1.91 bits per heavy atom. The number of hydrogen-bond donors (Lipinski definition) is 2. The van der Waals surface area contributed by atoms with Crippen LogP contribution in [0.4, 0.5) is 0 Å². The molecule has 1 amide bonds. The van der Waals surface area contributed by atoms with Gasteiger partial charge in [0.25, 0.3) is 0 Å². The summed E-state index contributed by atoms with van der Waals surface area (Å²) in [6.07, 6.45) is 14.4. The van der Waals surface area contributed by atoms with Crippen molar-refractivity contribution in [2.24, 2.45) is 5.73 Å². The number of hydrogen-bond acceptors (Lipinski definition) is 1. The molecule has 0 fully saturated rings. The van der Waals surface area contributed by atoms with Crippen LogP contribution >= 0.6 is 11.6 Å². The Labute approximate surface area is 138 Å². The van der Waals surface area contributed by atoms with Crippen molar-refractivity contribution in [1.82, 2.24) is 4.98 Å². The molecule has 1 aromatic rings. The van der Waals surface area contributed by atoms with E-state index in [1.54, 1.807) is 0 Å². The maximum absolute atomic E-state index is 11.9. The fraction of sp³-hybridized carbons (Fsp3) is 0.611. The molecule has 0 aromatic carbocycles. The van der Waals surface area contributed by atoms with Gasteiger partial charge in [-0.25, -0.2) is 0 Å². The summed E-state index contributed by atoms with van der Waals surface area (Å²) >= 11 is 5.71. The van der Waals surface area contributed by atoms with Gasteiger partial charge in [0, 0.05) is 17.3 Å². The zero-order valence-electron chi connectivity index (χ0n) is 13.2. The summed E-state index contributed by atoms with van der Waals surface area (Å²) in [5.41, 5.74) is 8.97. The Morgan fingerprint density at radius 3 is 2.59 bits per heavy atom. The number of amides is 1. The molecule has 122 valence electrons. The van der Waals surface area contributed by atoms with Gasteiger partial charge in [-0.2, -0.15) is 0 Å². The first-order chi connectivity index (χ1) is 10.7. The zero-order valence-corrected chi connectivity index (χ0v) is 14.0. The van der Waals surface area contributed by atoms with E-state index < -0.39 is 0 Å². The summed E-state index contributed by atoms with van der Waals surface area (Å²) < 4.78 is 0. The van der Waals surface area contributed by atoms with Gasteiger partial charge >= 0.3 is 0 Å². The lowest BCUT2D eigenvalue weighted by atomic mass is 9.91. The summed E-state index contributed by atoms with van der Waals surface area (Å²) in [5, 5.41) is 0. The van der Waals surface area contributed by atoms with Crippen molar-refractivity contribution in [3.05, 3.63) is 29.1 Å². The third-order valence-corrected chi connectivity index (χ3v) is 4.65. The van der Waals surface area contributed by atoms with Gasteiger partial charge in [-0.1, -0.05) is 44.6 Å². The number of allylic oxidation sites excluding steroid dienone is 1. The molecule has 1 unspecified atom stereocenters. The minimum atomic E-state index is -0.215. The number of halogens is 1. The molecular weight excluding hydrogens is 296 g/mol. The van der Waals surface area contributed by atoms with E-state index >= 15 is 0 Å². The van der Waals surface area contributed by atoms with Crippen LogP contribution < -0.4 is 5.73 Å². The molecule has 3 N–H and O–H groups in total. The molecule has 22 heavy (non-hydrogen) atoms. The van der Waals surface area contributed by atoms with E-state index in [2.05, 4.69) is 11.1 Å². The van der Waals surface area contributed by atoms with Gasteiger partial charge < -0.3 is 10.7 Å². The van der Waals surface area contributed by atoms with Gasteiger partial charge in [0.1, 0.15) is 0 Å². The number of aryl methyl sites for hydroxylation is 1. The molecule has 1 atom stereocenters. The number of nitrogens with one attached hydrogen (secondary N) is 1. The van der Waals surface area contributed by atoms with Crippen molar-refractivity contribution in [3.63, 3.8) is 0 Å². The molecule has 1 aliphatic carbocycles. The maximum Gasteiger partial charge on any atom is 0.226 e. The number of aromatic amines is 1. The van der Waals surface area contributed by atoms with Crippen molar-refractivity contribution in [2.45, 2.75) is 63.7 Å².